The number of nitrogens with zero attached hydrogens (tertiary/aromatic N) is 3. The summed E-state index contributed by atoms with van der Waals surface area (Å²) in [4.78, 5) is 35.2. The molecule has 0 spiro atoms. The molecule has 1 aromatic carbocycles. The molecule has 0 N–H and O–H groups in total. The zero-order valence-electron chi connectivity index (χ0n) is 18.0. The first-order valence-electron chi connectivity index (χ1n) is 11.1. The summed E-state index contributed by atoms with van der Waals surface area (Å²) in [5.74, 6) is 1.08. The molecule has 1 aliphatic carbocycles. The molecule has 2 aromatic heterocycles. The standard InChI is InChI=1S/C24H27N3O2S2/c1-3-27-23(29)21-18-9-8-15(2)12-19(18)31-22(21)25-24(27)30-14-20(28)26-11-10-16-6-4-5-7-17(16)13-26/h4-7,15H,3,8-14H2,1-2H3. The Bertz CT molecular complexity index is 1210. The molecule has 0 radical (unpaired) electrons. The van der Waals surface area contributed by atoms with Crippen LogP contribution >= 0.6 is 23.1 Å². The van der Waals surface area contributed by atoms with Gasteiger partial charge in [-0.25, -0.2) is 4.98 Å². The van der Waals surface area contributed by atoms with Crippen molar-refractivity contribution in [2.75, 3.05) is 12.3 Å². The number of rotatable bonds is 4. The second kappa shape index (κ2) is 8.43. The van der Waals surface area contributed by atoms with E-state index >= 15 is 0 Å². The Balaban J connectivity index is 1.38. The smallest absolute Gasteiger partial charge is 0.263 e. The van der Waals surface area contributed by atoms with Crippen LogP contribution in [0.5, 0.6) is 0 Å². The van der Waals surface area contributed by atoms with E-state index in [9.17, 15) is 9.59 Å². The van der Waals surface area contributed by atoms with E-state index in [0.717, 1.165) is 42.4 Å². The maximum absolute atomic E-state index is 13.3. The highest BCUT2D eigenvalue weighted by molar-refractivity contribution is 7.99. The van der Waals surface area contributed by atoms with E-state index in [0.29, 0.717) is 29.9 Å². The fourth-order valence-corrected chi connectivity index (χ4v) is 7.11. The Morgan fingerprint density at radius 1 is 1.26 bits per heavy atom. The van der Waals surface area contributed by atoms with E-state index in [1.165, 1.54) is 33.3 Å². The number of carbonyl (C=O) groups excluding carboxylic acids is 1. The predicted molar refractivity (Wildman–Crippen MR) is 127 cm³/mol. The quantitative estimate of drug-likeness (QED) is 0.437. The lowest BCUT2D eigenvalue weighted by Gasteiger charge is -2.28. The highest BCUT2D eigenvalue weighted by Gasteiger charge is 2.25. The third kappa shape index (κ3) is 3.82. The fraction of sp³-hybridized carbons (Fsp3) is 0.458. The molecular formula is C24H27N3O2S2. The summed E-state index contributed by atoms with van der Waals surface area (Å²) >= 11 is 3.07. The molecule has 1 amide bonds. The Morgan fingerprint density at radius 2 is 2.06 bits per heavy atom. The minimum atomic E-state index is 0.0569. The monoisotopic (exact) mass is 453 g/mol. The lowest BCUT2D eigenvalue weighted by atomic mass is 9.89. The van der Waals surface area contributed by atoms with Gasteiger partial charge in [-0.05, 0) is 55.2 Å². The third-order valence-corrected chi connectivity index (χ3v) is 8.61. The average Bonchev–Trinajstić information content (AvgIpc) is 3.14. The number of thiophene rings is 1. The van der Waals surface area contributed by atoms with Crippen molar-refractivity contribution in [3.8, 4) is 0 Å². The molecule has 3 aromatic rings. The van der Waals surface area contributed by atoms with Crippen LogP contribution in [0.15, 0.2) is 34.2 Å². The first-order valence-corrected chi connectivity index (χ1v) is 12.9. The molecular weight excluding hydrogens is 426 g/mol. The minimum Gasteiger partial charge on any atom is -0.337 e. The molecule has 0 bridgehead atoms. The maximum Gasteiger partial charge on any atom is 0.263 e. The first kappa shape index (κ1) is 20.8. The van der Waals surface area contributed by atoms with Crippen LogP contribution in [0.1, 0.15) is 41.8 Å². The second-order valence-corrected chi connectivity index (χ2v) is 10.6. The number of aromatic nitrogens is 2. The van der Waals surface area contributed by atoms with E-state index < -0.39 is 0 Å². The van der Waals surface area contributed by atoms with E-state index in [2.05, 4.69) is 25.1 Å². The van der Waals surface area contributed by atoms with E-state index in [1.807, 2.05) is 17.9 Å². The van der Waals surface area contributed by atoms with Gasteiger partial charge < -0.3 is 4.90 Å². The lowest BCUT2D eigenvalue weighted by Crippen LogP contribution is -2.37. The number of fused-ring (bicyclic) bond motifs is 4. The van der Waals surface area contributed by atoms with Gasteiger partial charge in [-0.1, -0.05) is 43.0 Å². The predicted octanol–water partition coefficient (Wildman–Crippen LogP) is 4.28. The minimum absolute atomic E-state index is 0.0569. The zero-order chi connectivity index (χ0) is 21.5. The second-order valence-electron chi connectivity index (χ2n) is 8.60. The van der Waals surface area contributed by atoms with Crippen molar-refractivity contribution >= 4 is 39.2 Å². The molecule has 1 aliphatic heterocycles. The molecule has 0 fully saturated rings. The summed E-state index contributed by atoms with van der Waals surface area (Å²) in [5.41, 5.74) is 3.84. The topological polar surface area (TPSA) is 55.2 Å². The molecule has 0 saturated heterocycles. The molecule has 5 nitrogen and oxygen atoms in total. The number of thioether (sulfide) groups is 1. The van der Waals surface area contributed by atoms with E-state index in [-0.39, 0.29) is 11.5 Å². The van der Waals surface area contributed by atoms with Gasteiger partial charge in [0.05, 0.1) is 11.1 Å². The highest BCUT2D eigenvalue weighted by Crippen LogP contribution is 2.36. The number of hydrogen-bond donors (Lipinski definition) is 0. The fourth-order valence-electron chi connectivity index (χ4n) is 4.72. The van der Waals surface area contributed by atoms with Gasteiger partial charge in [0.15, 0.2) is 5.16 Å². The van der Waals surface area contributed by atoms with Crippen molar-refractivity contribution in [3.05, 3.63) is 56.2 Å². The van der Waals surface area contributed by atoms with E-state index in [1.54, 1.807) is 15.9 Å². The van der Waals surface area contributed by atoms with Gasteiger partial charge in [-0.15, -0.1) is 11.3 Å². The van der Waals surface area contributed by atoms with Crippen LogP contribution in [0.3, 0.4) is 0 Å². The van der Waals surface area contributed by atoms with Crippen molar-refractivity contribution in [1.82, 2.24) is 14.5 Å². The first-order chi connectivity index (χ1) is 15.0. The average molecular weight is 454 g/mol. The zero-order valence-corrected chi connectivity index (χ0v) is 19.7. The maximum atomic E-state index is 13.3. The van der Waals surface area contributed by atoms with Crippen molar-refractivity contribution in [2.45, 2.75) is 57.8 Å². The third-order valence-electron chi connectivity index (χ3n) is 6.50. The summed E-state index contributed by atoms with van der Waals surface area (Å²) in [6.45, 7) is 6.23. The molecule has 3 heterocycles. The lowest BCUT2D eigenvalue weighted by molar-refractivity contribution is -0.129. The number of carbonyl (C=O) groups is 1. The largest absolute Gasteiger partial charge is 0.337 e. The van der Waals surface area contributed by atoms with Gasteiger partial charge in [0.1, 0.15) is 4.83 Å². The van der Waals surface area contributed by atoms with Crippen LogP contribution < -0.4 is 5.56 Å². The van der Waals surface area contributed by atoms with Crippen molar-refractivity contribution in [3.63, 3.8) is 0 Å². The molecule has 162 valence electrons. The molecule has 7 heteroatoms. The van der Waals surface area contributed by atoms with Gasteiger partial charge >= 0.3 is 0 Å². The molecule has 31 heavy (non-hydrogen) atoms. The number of amides is 1. The molecule has 2 aliphatic rings. The Morgan fingerprint density at radius 3 is 2.87 bits per heavy atom. The number of aryl methyl sites for hydroxylation is 1. The Hall–Kier alpha value is -2.12. The summed E-state index contributed by atoms with van der Waals surface area (Å²) in [6.07, 6.45) is 4.04. The molecule has 0 saturated carbocycles. The molecule has 1 atom stereocenters. The van der Waals surface area contributed by atoms with Crippen molar-refractivity contribution in [1.29, 1.82) is 0 Å². The Kier molecular flexibility index (Phi) is 5.65. The normalized spacial score (nSPS) is 18.1. The Labute approximate surface area is 190 Å². The van der Waals surface area contributed by atoms with Crippen molar-refractivity contribution < 1.29 is 4.79 Å². The van der Waals surface area contributed by atoms with Crippen LogP contribution in [0.4, 0.5) is 0 Å². The van der Waals surface area contributed by atoms with Gasteiger partial charge in [0.2, 0.25) is 5.91 Å². The summed E-state index contributed by atoms with van der Waals surface area (Å²) in [5, 5.41) is 1.48. The number of benzene rings is 1. The van der Waals surface area contributed by atoms with Crippen molar-refractivity contribution in [2.24, 2.45) is 5.92 Å². The van der Waals surface area contributed by atoms with Gasteiger partial charge in [-0.2, -0.15) is 0 Å². The summed E-state index contributed by atoms with van der Waals surface area (Å²) < 4.78 is 1.75. The SMILES string of the molecule is CCn1c(SCC(=O)N2CCc3ccccc3C2)nc2sc3c(c2c1=O)CCC(C)C3. The van der Waals surface area contributed by atoms with E-state index in [4.69, 9.17) is 4.98 Å². The summed E-state index contributed by atoms with van der Waals surface area (Å²) in [6, 6.07) is 8.33. The van der Waals surface area contributed by atoms with Gasteiger partial charge in [0.25, 0.3) is 5.56 Å². The van der Waals surface area contributed by atoms with Crippen LogP contribution in [0.2, 0.25) is 0 Å². The summed E-state index contributed by atoms with van der Waals surface area (Å²) in [7, 11) is 0. The molecule has 1 unspecified atom stereocenters. The van der Waals surface area contributed by atoms with Crippen LogP contribution in [-0.4, -0.2) is 32.7 Å². The van der Waals surface area contributed by atoms with Gasteiger partial charge in [0, 0.05) is 24.5 Å². The van der Waals surface area contributed by atoms with Crippen LogP contribution in [-0.2, 0) is 37.1 Å². The highest BCUT2D eigenvalue weighted by atomic mass is 32.2. The van der Waals surface area contributed by atoms with Crippen LogP contribution in [0.25, 0.3) is 10.2 Å². The van der Waals surface area contributed by atoms with Gasteiger partial charge in [-0.3, -0.25) is 14.2 Å². The molecule has 5 rings (SSSR count). The number of hydrogen-bond acceptors (Lipinski definition) is 5. The van der Waals surface area contributed by atoms with Crippen LogP contribution in [0, 0.1) is 5.92 Å².